The number of fused-ring (bicyclic) bond motifs is 1. The molecule has 2 atom stereocenters. The minimum Gasteiger partial charge on any atom is -0.381 e. The fourth-order valence-corrected chi connectivity index (χ4v) is 5.99. The van der Waals surface area contributed by atoms with Crippen LogP contribution < -0.4 is 5.32 Å². The Bertz CT molecular complexity index is 1250. The van der Waals surface area contributed by atoms with Crippen LogP contribution in [0.5, 0.6) is 0 Å². The van der Waals surface area contributed by atoms with Crippen LogP contribution in [0.25, 0.3) is 5.52 Å². The number of ether oxygens (including phenoxy) is 2. The second-order valence-electron chi connectivity index (χ2n) is 10.6. The first kappa shape index (κ1) is 25.8. The minimum absolute atomic E-state index is 0.122. The lowest BCUT2D eigenvalue weighted by Crippen LogP contribution is -2.39. The van der Waals surface area contributed by atoms with Crippen molar-refractivity contribution < 1.29 is 19.1 Å². The summed E-state index contributed by atoms with van der Waals surface area (Å²) in [5.41, 5.74) is 6.72. The molecule has 2 fully saturated rings. The maximum atomic E-state index is 13.6. The molecule has 3 aliphatic rings. The van der Waals surface area contributed by atoms with Gasteiger partial charge >= 0.3 is 0 Å². The molecule has 0 saturated carbocycles. The Labute approximate surface area is 218 Å². The molecule has 2 unspecified atom stereocenters. The number of nitrogens with zero attached hydrogens (tertiary/aromatic N) is 3. The molecule has 0 aliphatic carbocycles. The van der Waals surface area contributed by atoms with Crippen LogP contribution in [0.1, 0.15) is 72.8 Å². The van der Waals surface area contributed by atoms with E-state index >= 15 is 0 Å². The van der Waals surface area contributed by atoms with E-state index in [0.717, 1.165) is 74.7 Å². The number of aromatic nitrogens is 1. The summed E-state index contributed by atoms with van der Waals surface area (Å²) in [6.07, 6.45) is 6.21. The highest BCUT2D eigenvalue weighted by molar-refractivity contribution is 6.06. The summed E-state index contributed by atoms with van der Waals surface area (Å²) in [6, 6.07) is 4.35. The van der Waals surface area contributed by atoms with E-state index in [-0.39, 0.29) is 24.4 Å². The molecule has 2 saturated heterocycles. The summed E-state index contributed by atoms with van der Waals surface area (Å²) >= 11 is 0. The van der Waals surface area contributed by atoms with Crippen LogP contribution in [0.2, 0.25) is 0 Å². The predicted molar refractivity (Wildman–Crippen MR) is 143 cm³/mol. The molecule has 8 heteroatoms. The number of carbonyl (C=O) groups is 2. The van der Waals surface area contributed by atoms with E-state index in [4.69, 9.17) is 9.47 Å². The van der Waals surface area contributed by atoms with Gasteiger partial charge in [-0.15, -0.1) is 0 Å². The first-order valence-electron chi connectivity index (χ1n) is 13.4. The molecule has 5 rings (SSSR count). The Morgan fingerprint density at radius 1 is 1.11 bits per heavy atom. The van der Waals surface area contributed by atoms with E-state index in [1.165, 1.54) is 5.56 Å². The summed E-state index contributed by atoms with van der Waals surface area (Å²) in [5, 5.41) is 3.04. The zero-order chi connectivity index (χ0) is 26.1. The molecule has 198 valence electrons. The molecule has 2 aromatic rings. The number of nitrogens with one attached hydrogen (secondary N) is 1. The van der Waals surface area contributed by atoms with E-state index in [1.807, 2.05) is 32.9 Å². The summed E-state index contributed by atoms with van der Waals surface area (Å²) in [4.78, 5) is 32.5. The fourth-order valence-electron chi connectivity index (χ4n) is 5.99. The summed E-state index contributed by atoms with van der Waals surface area (Å²) < 4.78 is 13.5. The Morgan fingerprint density at radius 2 is 1.81 bits per heavy atom. The van der Waals surface area contributed by atoms with Gasteiger partial charge in [-0.25, -0.2) is 4.99 Å². The average molecular weight is 507 g/mol. The van der Waals surface area contributed by atoms with E-state index in [9.17, 15) is 9.59 Å². The second-order valence-corrected chi connectivity index (χ2v) is 10.6. The first-order chi connectivity index (χ1) is 17.8. The van der Waals surface area contributed by atoms with Gasteiger partial charge in [-0.3, -0.25) is 14.5 Å². The van der Waals surface area contributed by atoms with Gasteiger partial charge in [-0.1, -0.05) is 5.57 Å². The summed E-state index contributed by atoms with van der Waals surface area (Å²) in [7, 11) is 0. The normalized spacial score (nSPS) is 22.6. The SMILES string of the molecule is CC1=CC(C)=NC(=O)C1CNC(=O)c1cc2cc(C3CCOCC3)cn2c(C(C)N2CCOCC2)c1C. The molecule has 0 bridgehead atoms. The standard InChI is InChI=1S/C29H38N4O4/c1-18-13-19(2)31-29(35)26(18)16-30-28(34)25-15-24-14-23(22-5-9-36-10-6-22)17-33(24)27(20(25)3)21(4)32-7-11-37-12-8-32/h13-15,17,21-22,26H,5-12,16H2,1-4H3,(H,30,34). The second kappa shape index (κ2) is 10.9. The van der Waals surface area contributed by atoms with Crippen molar-refractivity contribution in [1.82, 2.24) is 14.6 Å². The molecular formula is C29H38N4O4. The number of amides is 2. The minimum atomic E-state index is -0.420. The number of aliphatic imine (C=N–C) groups is 1. The molecule has 2 amide bonds. The molecule has 8 nitrogen and oxygen atoms in total. The lowest BCUT2D eigenvalue weighted by molar-refractivity contribution is -0.120. The maximum Gasteiger partial charge on any atom is 0.254 e. The Morgan fingerprint density at radius 3 is 2.51 bits per heavy atom. The van der Waals surface area contributed by atoms with Crippen LogP contribution in [0.15, 0.2) is 35.0 Å². The zero-order valence-corrected chi connectivity index (χ0v) is 22.4. The number of carbonyl (C=O) groups excluding carboxylic acids is 2. The van der Waals surface area contributed by atoms with Crippen molar-refractivity contribution in [3.63, 3.8) is 0 Å². The van der Waals surface area contributed by atoms with Crippen LogP contribution >= 0.6 is 0 Å². The van der Waals surface area contributed by atoms with Gasteiger partial charge in [0.1, 0.15) is 0 Å². The largest absolute Gasteiger partial charge is 0.381 e. The van der Waals surface area contributed by atoms with Crippen molar-refractivity contribution in [3.8, 4) is 0 Å². The number of pyridine rings is 1. The van der Waals surface area contributed by atoms with Crippen molar-refractivity contribution in [1.29, 1.82) is 0 Å². The van der Waals surface area contributed by atoms with Crippen LogP contribution in [0, 0.1) is 12.8 Å². The van der Waals surface area contributed by atoms with Crippen LogP contribution in [-0.2, 0) is 14.3 Å². The first-order valence-corrected chi connectivity index (χ1v) is 13.4. The number of hydrogen-bond acceptors (Lipinski definition) is 5. The lowest BCUT2D eigenvalue weighted by Gasteiger charge is -2.34. The number of hydrogen-bond donors (Lipinski definition) is 1. The van der Waals surface area contributed by atoms with Gasteiger partial charge in [-0.2, -0.15) is 0 Å². The lowest BCUT2D eigenvalue weighted by atomic mass is 9.94. The highest BCUT2D eigenvalue weighted by Crippen LogP contribution is 2.33. The molecule has 37 heavy (non-hydrogen) atoms. The van der Waals surface area contributed by atoms with Gasteiger partial charge in [0.05, 0.1) is 19.1 Å². The van der Waals surface area contributed by atoms with Gasteiger partial charge in [0.2, 0.25) is 0 Å². The Balaban J connectivity index is 1.48. The number of rotatable bonds is 6. The fraction of sp³-hybridized carbons (Fsp3) is 0.552. The van der Waals surface area contributed by atoms with Crippen LogP contribution in [0.4, 0.5) is 0 Å². The topological polar surface area (TPSA) is 84.6 Å². The van der Waals surface area contributed by atoms with Crippen molar-refractivity contribution in [2.75, 3.05) is 46.1 Å². The van der Waals surface area contributed by atoms with Crippen molar-refractivity contribution in [2.45, 2.75) is 52.5 Å². The third-order valence-corrected chi connectivity index (χ3v) is 8.17. The van der Waals surface area contributed by atoms with Gasteiger partial charge < -0.3 is 19.2 Å². The highest BCUT2D eigenvalue weighted by atomic mass is 16.5. The zero-order valence-electron chi connectivity index (χ0n) is 22.4. The van der Waals surface area contributed by atoms with Crippen molar-refractivity contribution >= 4 is 23.0 Å². The van der Waals surface area contributed by atoms with Gasteiger partial charge in [0.25, 0.3) is 11.8 Å². The number of allylic oxidation sites excluding steroid dienone is 1. The Kier molecular flexibility index (Phi) is 7.60. The van der Waals surface area contributed by atoms with Crippen LogP contribution in [-0.4, -0.2) is 72.9 Å². The van der Waals surface area contributed by atoms with Gasteiger partial charge in [0, 0.05) is 67.6 Å². The summed E-state index contributed by atoms with van der Waals surface area (Å²) in [5.74, 6) is -0.305. The molecule has 5 heterocycles. The number of dihydropyridines is 1. The molecule has 2 aromatic heterocycles. The van der Waals surface area contributed by atoms with Gasteiger partial charge in [0.15, 0.2) is 0 Å². The van der Waals surface area contributed by atoms with E-state index in [2.05, 4.69) is 38.8 Å². The van der Waals surface area contributed by atoms with E-state index in [0.29, 0.717) is 17.2 Å². The smallest absolute Gasteiger partial charge is 0.254 e. The Hall–Kier alpha value is -2.81. The quantitative estimate of drug-likeness (QED) is 0.644. The van der Waals surface area contributed by atoms with Crippen molar-refractivity contribution in [2.24, 2.45) is 10.9 Å². The molecule has 0 radical (unpaired) electrons. The van der Waals surface area contributed by atoms with Crippen molar-refractivity contribution in [3.05, 3.63) is 52.4 Å². The maximum absolute atomic E-state index is 13.6. The van der Waals surface area contributed by atoms with Crippen LogP contribution in [0.3, 0.4) is 0 Å². The third kappa shape index (κ3) is 5.28. The number of morpholine rings is 1. The average Bonchev–Trinajstić information content (AvgIpc) is 3.32. The molecular weight excluding hydrogens is 468 g/mol. The molecule has 0 aromatic carbocycles. The monoisotopic (exact) mass is 506 g/mol. The highest BCUT2D eigenvalue weighted by Gasteiger charge is 2.28. The molecule has 1 N–H and O–H groups in total. The molecule has 0 spiro atoms. The summed E-state index contributed by atoms with van der Waals surface area (Å²) in [6.45, 7) is 13.0. The molecule has 3 aliphatic heterocycles. The van der Waals surface area contributed by atoms with E-state index in [1.54, 1.807) is 0 Å². The van der Waals surface area contributed by atoms with E-state index < -0.39 is 5.92 Å². The third-order valence-electron chi connectivity index (χ3n) is 8.17. The predicted octanol–water partition coefficient (Wildman–Crippen LogP) is 3.83. The van der Waals surface area contributed by atoms with Gasteiger partial charge in [-0.05, 0) is 75.8 Å².